The van der Waals surface area contributed by atoms with E-state index in [0.717, 1.165) is 25.5 Å². The molecule has 1 aromatic rings. The maximum Gasteiger partial charge on any atom is 0.261 e. The minimum Gasteiger partial charge on any atom is -0.348 e. The summed E-state index contributed by atoms with van der Waals surface area (Å²) in [6, 6.07) is 2.20. The van der Waals surface area contributed by atoms with Gasteiger partial charge in [-0.05, 0) is 69.0 Å². The molecular formula is C13H17Br2NOS. The van der Waals surface area contributed by atoms with Gasteiger partial charge in [-0.15, -0.1) is 11.3 Å². The topological polar surface area (TPSA) is 29.1 Å². The summed E-state index contributed by atoms with van der Waals surface area (Å²) in [5.41, 5.74) is 0. The van der Waals surface area contributed by atoms with Gasteiger partial charge in [0.1, 0.15) is 0 Å². The molecule has 0 saturated heterocycles. The Hall–Kier alpha value is 0.130. The van der Waals surface area contributed by atoms with Crippen molar-refractivity contribution >= 4 is 49.1 Å². The van der Waals surface area contributed by atoms with Gasteiger partial charge in [-0.3, -0.25) is 4.79 Å². The Morgan fingerprint density at radius 1 is 1.39 bits per heavy atom. The van der Waals surface area contributed by atoms with E-state index in [1.54, 1.807) is 0 Å². The Kier molecular flexibility index (Phi) is 4.89. The molecule has 1 amide bonds. The molecule has 1 aliphatic carbocycles. The van der Waals surface area contributed by atoms with Gasteiger partial charge in [-0.25, -0.2) is 0 Å². The third-order valence-corrected chi connectivity index (χ3v) is 6.87. The lowest BCUT2D eigenvalue weighted by atomic mass is 9.80. The Labute approximate surface area is 129 Å². The van der Waals surface area contributed by atoms with Crippen LogP contribution in [0.3, 0.4) is 0 Å². The van der Waals surface area contributed by atoms with Crippen molar-refractivity contribution in [3.8, 4) is 0 Å². The number of hydrogen-bond donors (Lipinski definition) is 1. The molecule has 2 rings (SSSR count). The first-order valence-electron chi connectivity index (χ1n) is 6.23. The van der Waals surface area contributed by atoms with Crippen LogP contribution in [-0.4, -0.2) is 11.9 Å². The molecule has 0 radical (unpaired) electrons. The highest BCUT2D eigenvalue weighted by Gasteiger charge is 2.27. The van der Waals surface area contributed by atoms with E-state index >= 15 is 0 Å². The van der Waals surface area contributed by atoms with Crippen LogP contribution in [0.5, 0.6) is 0 Å². The predicted molar refractivity (Wildman–Crippen MR) is 83.2 cm³/mol. The Bertz CT molecular complexity index is 427. The van der Waals surface area contributed by atoms with Crippen LogP contribution in [0.2, 0.25) is 0 Å². The highest BCUT2D eigenvalue weighted by Crippen LogP contribution is 2.33. The van der Waals surface area contributed by atoms with Crippen LogP contribution < -0.4 is 5.32 Å². The monoisotopic (exact) mass is 393 g/mol. The summed E-state index contributed by atoms with van der Waals surface area (Å²) in [5.74, 6) is 1.42. The van der Waals surface area contributed by atoms with Crippen LogP contribution >= 0.6 is 43.2 Å². The van der Waals surface area contributed by atoms with Crippen LogP contribution in [-0.2, 0) is 0 Å². The highest BCUT2D eigenvalue weighted by atomic mass is 79.9. The molecule has 3 unspecified atom stereocenters. The molecule has 0 spiro atoms. The zero-order valence-electron chi connectivity index (χ0n) is 10.5. The maximum atomic E-state index is 12.2. The summed E-state index contributed by atoms with van der Waals surface area (Å²) >= 11 is 8.30. The number of carbonyl (C=O) groups excluding carboxylic acids is 1. The van der Waals surface area contributed by atoms with Crippen molar-refractivity contribution in [1.29, 1.82) is 0 Å². The van der Waals surface area contributed by atoms with Crippen molar-refractivity contribution in [3.05, 3.63) is 19.2 Å². The molecule has 0 aromatic carbocycles. The number of hydrogen-bond acceptors (Lipinski definition) is 2. The number of halogens is 2. The van der Waals surface area contributed by atoms with Gasteiger partial charge < -0.3 is 5.32 Å². The average Bonchev–Trinajstić information content (AvgIpc) is 2.63. The molecule has 1 fully saturated rings. The van der Waals surface area contributed by atoms with E-state index < -0.39 is 0 Å². The molecule has 1 aliphatic rings. The Balaban J connectivity index is 1.99. The zero-order chi connectivity index (χ0) is 13.3. The lowest BCUT2D eigenvalue weighted by molar-refractivity contribution is 0.0903. The number of nitrogens with one attached hydrogen (secondary N) is 1. The fourth-order valence-corrected chi connectivity index (χ4v) is 4.52. The first-order valence-corrected chi connectivity index (χ1v) is 8.63. The van der Waals surface area contributed by atoms with Gasteiger partial charge in [0, 0.05) is 10.5 Å². The smallest absolute Gasteiger partial charge is 0.261 e. The van der Waals surface area contributed by atoms with Crippen molar-refractivity contribution in [2.75, 3.05) is 0 Å². The summed E-state index contributed by atoms with van der Waals surface area (Å²) in [6.07, 6.45) is 3.53. The molecule has 100 valence electrons. The normalized spacial score (nSPS) is 28.1. The van der Waals surface area contributed by atoms with E-state index in [9.17, 15) is 4.79 Å². The second kappa shape index (κ2) is 6.06. The highest BCUT2D eigenvalue weighted by molar-refractivity contribution is 9.13. The lowest BCUT2D eigenvalue weighted by Gasteiger charge is -2.33. The number of amides is 1. The van der Waals surface area contributed by atoms with Gasteiger partial charge in [0.2, 0.25) is 0 Å². The summed E-state index contributed by atoms with van der Waals surface area (Å²) in [4.78, 5) is 12.9. The van der Waals surface area contributed by atoms with E-state index in [-0.39, 0.29) is 5.91 Å². The summed E-state index contributed by atoms with van der Waals surface area (Å²) < 4.78 is 1.92. The van der Waals surface area contributed by atoms with Crippen LogP contribution in [0.4, 0.5) is 0 Å². The van der Waals surface area contributed by atoms with Crippen molar-refractivity contribution in [1.82, 2.24) is 5.32 Å². The fourth-order valence-electron chi connectivity index (χ4n) is 2.58. The number of carbonyl (C=O) groups is 1. The van der Waals surface area contributed by atoms with E-state index in [1.807, 2.05) is 6.07 Å². The molecule has 2 nitrogen and oxygen atoms in total. The van der Waals surface area contributed by atoms with E-state index in [1.165, 1.54) is 24.2 Å². The van der Waals surface area contributed by atoms with Crippen LogP contribution in [0.25, 0.3) is 0 Å². The quantitative estimate of drug-likeness (QED) is 0.764. The Morgan fingerprint density at radius 3 is 2.67 bits per heavy atom. The molecule has 1 saturated carbocycles. The van der Waals surface area contributed by atoms with Crippen molar-refractivity contribution in [3.63, 3.8) is 0 Å². The van der Waals surface area contributed by atoms with Gasteiger partial charge in [0.25, 0.3) is 5.91 Å². The standard InChI is InChI=1S/C13H17Br2NOS/c1-7-3-4-10(8(2)5-7)16-13(17)11-6-9(14)12(15)18-11/h6-8,10H,3-5H2,1-2H3,(H,16,17). The largest absolute Gasteiger partial charge is 0.348 e. The first-order chi connectivity index (χ1) is 8.47. The van der Waals surface area contributed by atoms with Gasteiger partial charge in [-0.1, -0.05) is 13.8 Å². The SMILES string of the molecule is CC1CCC(NC(=O)c2cc(Br)c(Br)s2)C(C)C1. The molecule has 1 aromatic heterocycles. The minimum atomic E-state index is 0.0535. The first kappa shape index (κ1) is 14.5. The average molecular weight is 395 g/mol. The molecule has 3 atom stereocenters. The molecule has 0 aliphatic heterocycles. The van der Waals surface area contributed by atoms with E-state index in [0.29, 0.717) is 12.0 Å². The molecule has 0 bridgehead atoms. The van der Waals surface area contributed by atoms with Gasteiger partial charge in [0.05, 0.1) is 8.66 Å². The second-order valence-corrected chi connectivity index (χ2v) is 8.43. The summed E-state index contributed by atoms with van der Waals surface area (Å²) in [7, 11) is 0. The van der Waals surface area contributed by atoms with Gasteiger partial charge >= 0.3 is 0 Å². The third-order valence-electron chi connectivity index (χ3n) is 3.62. The summed E-state index contributed by atoms with van der Waals surface area (Å²) in [5, 5.41) is 3.18. The molecule has 5 heteroatoms. The van der Waals surface area contributed by atoms with Crippen LogP contribution in [0.1, 0.15) is 42.8 Å². The lowest BCUT2D eigenvalue weighted by Crippen LogP contribution is -2.42. The van der Waals surface area contributed by atoms with Crippen LogP contribution in [0, 0.1) is 11.8 Å². The molecule has 1 heterocycles. The molecule has 18 heavy (non-hydrogen) atoms. The number of rotatable bonds is 2. The van der Waals surface area contributed by atoms with Crippen molar-refractivity contribution < 1.29 is 4.79 Å². The molecular weight excluding hydrogens is 378 g/mol. The van der Waals surface area contributed by atoms with Crippen molar-refractivity contribution in [2.45, 2.75) is 39.2 Å². The third kappa shape index (κ3) is 3.36. The second-order valence-electron chi connectivity index (χ2n) is 5.21. The Morgan fingerprint density at radius 2 is 2.11 bits per heavy atom. The molecule has 1 N–H and O–H groups in total. The van der Waals surface area contributed by atoms with Crippen molar-refractivity contribution in [2.24, 2.45) is 11.8 Å². The summed E-state index contributed by atoms with van der Waals surface area (Å²) in [6.45, 7) is 4.53. The fraction of sp³-hybridized carbons (Fsp3) is 0.615. The minimum absolute atomic E-state index is 0.0535. The zero-order valence-corrected chi connectivity index (χ0v) is 14.5. The van der Waals surface area contributed by atoms with Crippen LogP contribution in [0.15, 0.2) is 14.3 Å². The van der Waals surface area contributed by atoms with Gasteiger partial charge in [0.15, 0.2) is 0 Å². The van der Waals surface area contributed by atoms with E-state index in [2.05, 4.69) is 51.0 Å². The number of thiophene rings is 1. The predicted octanol–water partition coefficient (Wildman–Crippen LogP) is 4.83. The van der Waals surface area contributed by atoms with E-state index in [4.69, 9.17) is 0 Å². The van der Waals surface area contributed by atoms with Gasteiger partial charge in [-0.2, -0.15) is 0 Å². The maximum absolute atomic E-state index is 12.2.